The molecular weight excluding hydrogens is 300 g/mol. The number of piperidine rings is 1. The smallest absolute Gasteiger partial charge is 0.227 e. The Labute approximate surface area is 144 Å². The van der Waals surface area contributed by atoms with E-state index in [1.54, 1.807) is 6.26 Å². The molecule has 0 unspecified atom stereocenters. The number of furan rings is 1. The maximum atomic E-state index is 12.7. The van der Waals surface area contributed by atoms with Gasteiger partial charge in [0.2, 0.25) is 5.91 Å². The predicted molar refractivity (Wildman–Crippen MR) is 97.2 cm³/mol. The van der Waals surface area contributed by atoms with Gasteiger partial charge in [0.15, 0.2) is 0 Å². The molecule has 1 fully saturated rings. The van der Waals surface area contributed by atoms with Gasteiger partial charge in [-0.1, -0.05) is 12.1 Å². The number of likely N-dealkylation sites (tertiary alicyclic amines) is 1. The van der Waals surface area contributed by atoms with Crippen molar-refractivity contribution in [2.75, 3.05) is 26.7 Å². The summed E-state index contributed by atoms with van der Waals surface area (Å²) in [5, 5.41) is 4.29. The lowest BCUT2D eigenvalue weighted by atomic mass is 9.93. The molecule has 0 aliphatic carbocycles. The number of amides is 1. The highest BCUT2D eigenvalue weighted by Gasteiger charge is 2.23. The van der Waals surface area contributed by atoms with Crippen molar-refractivity contribution < 1.29 is 9.21 Å². The number of aryl methyl sites for hydroxylation is 2. The molecule has 1 aliphatic rings. The minimum Gasteiger partial charge on any atom is -0.464 e. The highest BCUT2D eigenvalue weighted by Crippen LogP contribution is 2.27. The Hall–Kier alpha value is -1.81. The van der Waals surface area contributed by atoms with E-state index in [-0.39, 0.29) is 5.91 Å². The Morgan fingerprint density at radius 2 is 2.04 bits per heavy atom. The van der Waals surface area contributed by atoms with Crippen LogP contribution >= 0.6 is 0 Å². The van der Waals surface area contributed by atoms with Gasteiger partial charge >= 0.3 is 0 Å². The van der Waals surface area contributed by atoms with Crippen LogP contribution in [-0.2, 0) is 11.2 Å². The number of hydrogen-bond acceptors (Lipinski definition) is 3. The first-order valence-corrected chi connectivity index (χ1v) is 8.98. The summed E-state index contributed by atoms with van der Waals surface area (Å²) in [7, 11) is 2.00. The third-order valence-electron chi connectivity index (χ3n) is 5.45. The summed E-state index contributed by atoms with van der Waals surface area (Å²) < 4.78 is 5.73. The summed E-state index contributed by atoms with van der Waals surface area (Å²) >= 11 is 0. The van der Waals surface area contributed by atoms with E-state index in [0.29, 0.717) is 6.42 Å². The van der Waals surface area contributed by atoms with Crippen LogP contribution in [0, 0.1) is 19.8 Å². The highest BCUT2D eigenvalue weighted by molar-refractivity contribution is 5.89. The van der Waals surface area contributed by atoms with Crippen LogP contribution in [0.4, 0.5) is 0 Å². The second kappa shape index (κ2) is 7.39. The van der Waals surface area contributed by atoms with Crippen molar-refractivity contribution >= 4 is 16.9 Å². The van der Waals surface area contributed by atoms with E-state index < -0.39 is 0 Å². The van der Waals surface area contributed by atoms with Crippen LogP contribution in [0.25, 0.3) is 11.0 Å². The molecule has 1 N–H and O–H groups in total. The van der Waals surface area contributed by atoms with Crippen LogP contribution in [-0.4, -0.2) is 37.5 Å². The van der Waals surface area contributed by atoms with Crippen LogP contribution in [0.5, 0.6) is 0 Å². The molecule has 1 aliphatic heterocycles. The molecule has 1 amide bonds. The van der Waals surface area contributed by atoms with E-state index in [9.17, 15) is 4.79 Å². The zero-order valence-corrected chi connectivity index (χ0v) is 15.0. The fourth-order valence-electron chi connectivity index (χ4n) is 3.62. The topological polar surface area (TPSA) is 45.5 Å². The van der Waals surface area contributed by atoms with E-state index >= 15 is 0 Å². The van der Waals surface area contributed by atoms with Crippen LogP contribution in [0.2, 0.25) is 0 Å². The predicted octanol–water partition coefficient (Wildman–Crippen LogP) is 3.44. The second-order valence-corrected chi connectivity index (χ2v) is 7.04. The third-order valence-corrected chi connectivity index (χ3v) is 5.45. The molecule has 0 radical (unpaired) electrons. The maximum absolute atomic E-state index is 12.7. The molecule has 0 bridgehead atoms. The number of hydrogen-bond donors (Lipinski definition) is 1. The summed E-state index contributed by atoms with van der Waals surface area (Å²) in [5.41, 5.74) is 4.31. The minimum absolute atomic E-state index is 0.225. The SMILES string of the molecule is CNCCC1CCN(C(=O)Cc2coc3c(C)c(C)ccc23)CC1. The van der Waals surface area contributed by atoms with Gasteiger partial charge in [0.1, 0.15) is 5.58 Å². The van der Waals surface area contributed by atoms with Crippen molar-refractivity contribution in [1.82, 2.24) is 10.2 Å². The van der Waals surface area contributed by atoms with Gasteiger partial charge in [-0.3, -0.25) is 4.79 Å². The van der Waals surface area contributed by atoms with E-state index in [0.717, 1.165) is 60.5 Å². The number of rotatable bonds is 5. The molecule has 24 heavy (non-hydrogen) atoms. The molecule has 0 atom stereocenters. The van der Waals surface area contributed by atoms with E-state index in [4.69, 9.17) is 4.42 Å². The summed E-state index contributed by atoms with van der Waals surface area (Å²) in [4.78, 5) is 14.7. The summed E-state index contributed by atoms with van der Waals surface area (Å²) in [5.74, 6) is 0.977. The zero-order valence-electron chi connectivity index (χ0n) is 15.0. The lowest BCUT2D eigenvalue weighted by molar-refractivity contribution is -0.131. The van der Waals surface area contributed by atoms with Gasteiger partial charge in [-0.05, 0) is 63.7 Å². The van der Waals surface area contributed by atoms with E-state index in [1.807, 2.05) is 11.9 Å². The Kier molecular flexibility index (Phi) is 5.24. The molecule has 1 saturated heterocycles. The van der Waals surface area contributed by atoms with Crippen molar-refractivity contribution in [2.45, 2.75) is 39.5 Å². The van der Waals surface area contributed by atoms with Crippen molar-refractivity contribution in [3.8, 4) is 0 Å². The molecule has 1 aromatic carbocycles. The Morgan fingerprint density at radius 1 is 1.29 bits per heavy atom. The van der Waals surface area contributed by atoms with Crippen LogP contribution in [0.15, 0.2) is 22.8 Å². The van der Waals surface area contributed by atoms with Crippen molar-refractivity contribution in [1.29, 1.82) is 0 Å². The fourth-order valence-corrected chi connectivity index (χ4v) is 3.62. The number of benzene rings is 1. The Balaban J connectivity index is 1.63. The number of nitrogens with zero attached hydrogens (tertiary/aromatic N) is 1. The van der Waals surface area contributed by atoms with E-state index in [1.165, 1.54) is 12.0 Å². The van der Waals surface area contributed by atoms with Crippen molar-refractivity contribution in [3.05, 3.63) is 35.1 Å². The maximum Gasteiger partial charge on any atom is 0.227 e. The first-order valence-electron chi connectivity index (χ1n) is 8.98. The average Bonchev–Trinajstić information content (AvgIpc) is 3.00. The molecule has 0 spiro atoms. The van der Waals surface area contributed by atoms with Crippen molar-refractivity contribution in [3.63, 3.8) is 0 Å². The van der Waals surface area contributed by atoms with Gasteiger partial charge in [0, 0.05) is 24.0 Å². The molecule has 0 saturated carbocycles. The first kappa shape index (κ1) is 17.0. The first-order chi connectivity index (χ1) is 11.6. The summed E-state index contributed by atoms with van der Waals surface area (Å²) in [6, 6.07) is 4.18. The zero-order chi connectivity index (χ0) is 17.1. The molecule has 2 heterocycles. The summed E-state index contributed by atoms with van der Waals surface area (Å²) in [6.45, 7) is 7.00. The van der Waals surface area contributed by atoms with Gasteiger partial charge in [-0.2, -0.15) is 0 Å². The van der Waals surface area contributed by atoms with Gasteiger partial charge in [0.25, 0.3) is 0 Å². The summed E-state index contributed by atoms with van der Waals surface area (Å²) in [6.07, 6.45) is 5.66. The number of carbonyl (C=O) groups excluding carboxylic acids is 1. The number of nitrogens with one attached hydrogen (secondary N) is 1. The quantitative estimate of drug-likeness (QED) is 0.914. The fraction of sp³-hybridized carbons (Fsp3) is 0.550. The van der Waals surface area contributed by atoms with Gasteiger partial charge in [0.05, 0.1) is 12.7 Å². The van der Waals surface area contributed by atoms with Gasteiger partial charge < -0.3 is 14.6 Å². The monoisotopic (exact) mass is 328 g/mol. The lowest BCUT2D eigenvalue weighted by Gasteiger charge is -2.32. The molecule has 130 valence electrons. The molecule has 2 aromatic rings. The van der Waals surface area contributed by atoms with E-state index in [2.05, 4.69) is 31.3 Å². The minimum atomic E-state index is 0.225. The Bertz CT molecular complexity index is 712. The second-order valence-electron chi connectivity index (χ2n) is 7.04. The average molecular weight is 328 g/mol. The third kappa shape index (κ3) is 3.48. The number of fused-ring (bicyclic) bond motifs is 1. The molecule has 3 rings (SSSR count). The van der Waals surface area contributed by atoms with Crippen molar-refractivity contribution in [2.24, 2.45) is 5.92 Å². The lowest BCUT2D eigenvalue weighted by Crippen LogP contribution is -2.39. The normalized spacial score (nSPS) is 16.0. The van der Waals surface area contributed by atoms with Crippen LogP contribution in [0.1, 0.15) is 36.0 Å². The highest BCUT2D eigenvalue weighted by atomic mass is 16.3. The van der Waals surface area contributed by atoms with Crippen LogP contribution < -0.4 is 5.32 Å². The molecule has 4 heteroatoms. The number of carbonyl (C=O) groups is 1. The van der Waals surface area contributed by atoms with Gasteiger partial charge in [-0.25, -0.2) is 0 Å². The Morgan fingerprint density at radius 3 is 2.75 bits per heavy atom. The standard InChI is InChI=1S/C20H28N2O2/c1-14-4-5-18-17(13-24-20(18)15(14)2)12-19(23)22-10-7-16(8-11-22)6-9-21-3/h4-5,13,16,21H,6-12H2,1-3H3. The van der Waals surface area contributed by atoms with Crippen LogP contribution in [0.3, 0.4) is 0 Å². The van der Waals surface area contributed by atoms with Gasteiger partial charge in [-0.15, -0.1) is 0 Å². The molecule has 4 nitrogen and oxygen atoms in total. The largest absolute Gasteiger partial charge is 0.464 e. The molecule has 1 aromatic heterocycles. The molecular formula is C20H28N2O2.